The summed E-state index contributed by atoms with van der Waals surface area (Å²) in [5.41, 5.74) is 1.45. The summed E-state index contributed by atoms with van der Waals surface area (Å²) in [6, 6.07) is 17.0. The van der Waals surface area contributed by atoms with Crippen LogP contribution in [0.5, 0.6) is 0 Å². The number of aliphatic hydroxyl groups is 1. The number of anilines is 1. The predicted octanol–water partition coefficient (Wildman–Crippen LogP) is 3.22. The number of amides is 3. The quantitative estimate of drug-likeness (QED) is 0.535. The van der Waals surface area contributed by atoms with Gasteiger partial charge in [0.2, 0.25) is 17.7 Å². The zero-order chi connectivity index (χ0) is 25.6. The molecule has 1 spiro atoms. The summed E-state index contributed by atoms with van der Waals surface area (Å²) in [5, 5.41) is 16.5. The highest BCUT2D eigenvalue weighted by Gasteiger charge is 2.76. The number of fused-ring (bicyclic) bond motifs is 1. The van der Waals surface area contributed by atoms with E-state index in [-0.39, 0.29) is 41.5 Å². The van der Waals surface area contributed by atoms with Gasteiger partial charge in [-0.15, -0.1) is 11.8 Å². The van der Waals surface area contributed by atoms with E-state index in [1.807, 2.05) is 74.5 Å². The molecule has 3 heterocycles. The van der Waals surface area contributed by atoms with Gasteiger partial charge in [-0.05, 0) is 43.9 Å². The van der Waals surface area contributed by atoms with Gasteiger partial charge in [0.25, 0.3) is 0 Å². The number of likely N-dealkylation sites (tertiary alicyclic amines) is 1. The van der Waals surface area contributed by atoms with Crippen molar-refractivity contribution in [2.75, 3.05) is 11.9 Å². The SMILES string of the molecule is CC(C)NC(=O)C1N([C@H](CO)c2ccccc2)C(=O)[C@@H]2[C@@H](C(=O)Nc3ccccc3)[C@H]3CC(C)C12S3. The molecular weight excluding hydrogens is 474 g/mol. The van der Waals surface area contributed by atoms with Gasteiger partial charge in [-0.3, -0.25) is 14.4 Å². The van der Waals surface area contributed by atoms with E-state index in [0.717, 1.165) is 12.0 Å². The van der Waals surface area contributed by atoms with E-state index in [1.54, 1.807) is 16.7 Å². The molecule has 2 bridgehead atoms. The van der Waals surface area contributed by atoms with Crippen LogP contribution in [0, 0.1) is 17.8 Å². The van der Waals surface area contributed by atoms with Crippen LogP contribution in [0.25, 0.3) is 0 Å². The van der Waals surface area contributed by atoms with Crippen molar-refractivity contribution in [3.8, 4) is 0 Å². The highest BCUT2D eigenvalue weighted by atomic mass is 32.2. The Balaban J connectivity index is 1.58. The number of carbonyl (C=O) groups excluding carboxylic acids is 3. The maximum Gasteiger partial charge on any atom is 0.244 e. The lowest BCUT2D eigenvalue weighted by Crippen LogP contribution is -2.57. The predicted molar refractivity (Wildman–Crippen MR) is 140 cm³/mol. The van der Waals surface area contributed by atoms with Crippen LogP contribution in [0.4, 0.5) is 5.69 Å². The molecule has 0 aromatic heterocycles. The van der Waals surface area contributed by atoms with Crippen LogP contribution >= 0.6 is 11.8 Å². The van der Waals surface area contributed by atoms with Crippen molar-refractivity contribution >= 4 is 35.2 Å². The second-order valence-electron chi connectivity index (χ2n) is 10.4. The number of nitrogens with one attached hydrogen (secondary N) is 2. The number of thioether (sulfide) groups is 1. The summed E-state index contributed by atoms with van der Waals surface area (Å²) < 4.78 is -0.735. The lowest BCUT2D eigenvalue weighted by Gasteiger charge is -2.40. The largest absolute Gasteiger partial charge is 0.394 e. The summed E-state index contributed by atoms with van der Waals surface area (Å²) in [6.45, 7) is 5.57. The number of carbonyl (C=O) groups is 3. The van der Waals surface area contributed by atoms with Gasteiger partial charge in [-0.2, -0.15) is 0 Å². The third kappa shape index (κ3) is 3.82. The minimum Gasteiger partial charge on any atom is -0.394 e. The maximum absolute atomic E-state index is 14.3. The number of para-hydroxylation sites is 1. The van der Waals surface area contributed by atoms with E-state index in [4.69, 9.17) is 0 Å². The fourth-order valence-corrected chi connectivity index (χ4v) is 8.94. The molecule has 3 amide bonds. The number of benzene rings is 2. The molecule has 7 atom stereocenters. The van der Waals surface area contributed by atoms with Gasteiger partial charge in [0.1, 0.15) is 6.04 Å². The fourth-order valence-electron chi connectivity index (χ4n) is 6.53. The van der Waals surface area contributed by atoms with E-state index in [9.17, 15) is 19.5 Å². The molecule has 7 nitrogen and oxygen atoms in total. The third-order valence-corrected chi connectivity index (χ3v) is 9.98. The van der Waals surface area contributed by atoms with Crippen LogP contribution < -0.4 is 10.6 Å². The average Bonchev–Trinajstić information content (AvgIpc) is 3.44. The Morgan fingerprint density at radius 1 is 1.08 bits per heavy atom. The van der Waals surface area contributed by atoms with Crippen molar-refractivity contribution in [3.63, 3.8) is 0 Å². The van der Waals surface area contributed by atoms with Crippen LogP contribution in [0.2, 0.25) is 0 Å². The first-order valence-corrected chi connectivity index (χ1v) is 13.5. The molecule has 3 saturated heterocycles. The van der Waals surface area contributed by atoms with Gasteiger partial charge in [-0.1, -0.05) is 55.5 Å². The van der Waals surface area contributed by atoms with Gasteiger partial charge in [-0.25, -0.2) is 0 Å². The fraction of sp³-hybridized carbons (Fsp3) is 0.464. The Labute approximate surface area is 216 Å². The topological polar surface area (TPSA) is 98.7 Å². The van der Waals surface area contributed by atoms with Crippen LogP contribution in [0.1, 0.15) is 38.8 Å². The first-order chi connectivity index (χ1) is 17.3. The van der Waals surface area contributed by atoms with E-state index in [1.165, 1.54) is 0 Å². The van der Waals surface area contributed by atoms with Crippen molar-refractivity contribution < 1.29 is 19.5 Å². The van der Waals surface area contributed by atoms with Crippen LogP contribution in [0.3, 0.4) is 0 Å². The molecule has 3 fully saturated rings. The Bertz CT molecular complexity index is 1140. The van der Waals surface area contributed by atoms with Gasteiger partial charge in [0.15, 0.2) is 0 Å². The first-order valence-electron chi connectivity index (χ1n) is 12.6. The summed E-state index contributed by atoms with van der Waals surface area (Å²) in [5.74, 6) is -1.76. The van der Waals surface area contributed by atoms with Crippen molar-refractivity contribution in [3.05, 3.63) is 66.2 Å². The van der Waals surface area contributed by atoms with Crippen LogP contribution in [-0.4, -0.2) is 56.4 Å². The zero-order valence-electron chi connectivity index (χ0n) is 20.8. The second-order valence-corrected chi connectivity index (χ2v) is 12.0. The van der Waals surface area contributed by atoms with E-state index in [2.05, 4.69) is 17.6 Å². The number of hydrogen-bond acceptors (Lipinski definition) is 5. The minimum atomic E-state index is -0.783. The molecule has 2 aromatic rings. The van der Waals surface area contributed by atoms with Gasteiger partial charge in [0, 0.05) is 17.0 Å². The third-order valence-electron chi connectivity index (χ3n) is 7.90. The molecule has 0 saturated carbocycles. The Kier molecular flexibility index (Phi) is 6.59. The summed E-state index contributed by atoms with van der Waals surface area (Å²) in [7, 11) is 0. The van der Waals surface area contributed by atoms with Gasteiger partial charge >= 0.3 is 0 Å². The average molecular weight is 508 g/mol. The zero-order valence-corrected chi connectivity index (χ0v) is 21.6. The molecule has 3 aliphatic heterocycles. The molecule has 5 rings (SSSR count). The summed E-state index contributed by atoms with van der Waals surface area (Å²) >= 11 is 1.63. The van der Waals surface area contributed by atoms with Crippen LogP contribution in [0.15, 0.2) is 60.7 Å². The molecule has 36 heavy (non-hydrogen) atoms. The van der Waals surface area contributed by atoms with E-state index in [0.29, 0.717) is 5.69 Å². The summed E-state index contributed by atoms with van der Waals surface area (Å²) in [6.07, 6.45) is 0.760. The normalized spacial score (nSPS) is 31.4. The number of rotatable bonds is 7. The molecular formula is C28H33N3O4S. The summed E-state index contributed by atoms with van der Waals surface area (Å²) in [4.78, 5) is 43.3. The highest BCUT2D eigenvalue weighted by molar-refractivity contribution is 8.02. The Hall–Kier alpha value is -2.84. The molecule has 8 heteroatoms. The molecule has 3 unspecified atom stereocenters. The second kappa shape index (κ2) is 9.56. The van der Waals surface area contributed by atoms with Crippen molar-refractivity contribution in [1.82, 2.24) is 10.2 Å². The van der Waals surface area contributed by atoms with Gasteiger partial charge < -0.3 is 20.6 Å². The lowest BCUT2D eigenvalue weighted by atomic mass is 9.65. The highest BCUT2D eigenvalue weighted by Crippen LogP contribution is 2.69. The van der Waals surface area contributed by atoms with E-state index < -0.39 is 28.7 Å². The molecule has 0 radical (unpaired) electrons. The Morgan fingerprint density at radius 3 is 2.33 bits per heavy atom. The molecule has 0 aliphatic carbocycles. The lowest BCUT2D eigenvalue weighted by molar-refractivity contribution is -0.142. The smallest absolute Gasteiger partial charge is 0.244 e. The minimum absolute atomic E-state index is 0.0431. The molecule has 190 valence electrons. The molecule has 3 N–H and O–H groups in total. The molecule has 2 aromatic carbocycles. The number of hydrogen-bond donors (Lipinski definition) is 3. The van der Waals surface area contributed by atoms with Crippen molar-refractivity contribution in [1.29, 1.82) is 0 Å². The molecule has 3 aliphatic rings. The van der Waals surface area contributed by atoms with Gasteiger partial charge in [0.05, 0.1) is 29.2 Å². The maximum atomic E-state index is 14.3. The van der Waals surface area contributed by atoms with Crippen LogP contribution in [-0.2, 0) is 14.4 Å². The van der Waals surface area contributed by atoms with Crippen molar-refractivity contribution in [2.24, 2.45) is 17.8 Å². The monoisotopic (exact) mass is 507 g/mol. The Morgan fingerprint density at radius 2 is 1.72 bits per heavy atom. The number of aliphatic hydroxyl groups excluding tert-OH is 1. The first kappa shape index (κ1) is 24.8. The standard InChI is InChI=1S/C28H33N3O4S/c1-16(2)29-26(34)24-28-17(3)14-21(36-28)22(25(33)30-19-12-8-5-9-13-19)23(28)27(35)31(24)20(15-32)18-10-6-4-7-11-18/h4-13,16-17,20-24,32H,14-15H2,1-3H3,(H,29,34)(H,30,33)/t17?,20-,21-,22+,23+,24?,28?/m1/s1. The van der Waals surface area contributed by atoms with Crippen molar-refractivity contribution in [2.45, 2.75) is 55.3 Å². The van der Waals surface area contributed by atoms with E-state index >= 15 is 0 Å². The number of nitrogens with zero attached hydrogens (tertiary/aromatic N) is 1.